The van der Waals surface area contributed by atoms with E-state index < -0.39 is 40.2 Å². The maximum atomic E-state index is 12.2. The Balaban J connectivity index is 3.10. The van der Waals surface area contributed by atoms with Crippen LogP contribution in [0, 0.1) is 10.1 Å². The first-order valence-corrected chi connectivity index (χ1v) is 4.88. The molecule has 0 amide bonds. The summed E-state index contributed by atoms with van der Waals surface area (Å²) in [5.74, 6) is -1.98. The average molecular weight is 279 g/mol. The third kappa shape index (κ3) is 3.57. The number of hydrogen-bond donors (Lipinski definition) is 1. The van der Waals surface area contributed by atoms with E-state index in [0.717, 1.165) is 19.1 Å². The van der Waals surface area contributed by atoms with Crippen molar-refractivity contribution in [2.24, 2.45) is 0 Å². The van der Waals surface area contributed by atoms with Gasteiger partial charge in [-0.05, 0) is 19.1 Å². The lowest BCUT2D eigenvalue weighted by atomic mass is 10.1. The van der Waals surface area contributed by atoms with E-state index >= 15 is 0 Å². The maximum Gasteiger partial charge on any atom is 0.425 e. The molecule has 1 rings (SSSR count). The van der Waals surface area contributed by atoms with Crippen molar-refractivity contribution in [1.82, 2.24) is 0 Å². The zero-order valence-electron chi connectivity index (χ0n) is 9.47. The van der Waals surface area contributed by atoms with E-state index in [0.29, 0.717) is 6.07 Å². The summed E-state index contributed by atoms with van der Waals surface area (Å²) in [4.78, 5) is 20.3. The summed E-state index contributed by atoms with van der Waals surface area (Å²) in [5.41, 5.74) is -1.46. The molecule has 19 heavy (non-hydrogen) atoms. The quantitative estimate of drug-likeness (QED) is 0.675. The van der Waals surface area contributed by atoms with E-state index in [1.54, 1.807) is 0 Å². The maximum absolute atomic E-state index is 12.2. The number of rotatable bonds is 4. The minimum Gasteiger partial charge on any atom is -0.481 e. The van der Waals surface area contributed by atoms with Crippen LogP contribution >= 0.6 is 0 Å². The van der Waals surface area contributed by atoms with Crippen LogP contribution in [0.2, 0.25) is 0 Å². The summed E-state index contributed by atoms with van der Waals surface area (Å²) in [6.07, 6.45) is -6.79. The van der Waals surface area contributed by atoms with E-state index in [9.17, 15) is 28.1 Å². The molecule has 104 valence electrons. The van der Waals surface area contributed by atoms with E-state index in [1.807, 2.05) is 0 Å². The number of ether oxygens (including phenoxy) is 1. The second-order valence-electron chi connectivity index (χ2n) is 3.54. The first kappa shape index (κ1) is 14.7. The molecule has 1 aromatic rings. The van der Waals surface area contributed by atoms with Crippen molar-refractivity contribution in [3.8, 4) is 5.75 Å². The standard InChI is InChI=1S/C10H8F3NO5/c1-5(10(11,12)13)19-6-2-3-7(9(15)16)8(4-6)14(17)18/h2-5H,1H3,(H,15,16). The normalized spacial score (nSPS) is 12.8. The van der Waals surface area contributed by atoms with Crippen molar-refractivity contribution >= 4 is 11.7 Å². The molecule has 0 fully saturated rings. The van der Waals surface area contributed by atoms with Crippen molar-refractivity contribution in [3.63, 3.8) is 0 Å². The molecule has 0 aliphatic heterocycles. The zero-order chi connectivity index (χ0) is 14.8. The van der Waals surface area contributed by atoms with Crippen LogP contribution in [0.15, 0.2) is 18.2 Å². The SMILES string of the molecule is CC(Oc1ccc(C(=O)O)c([N+](=O)[O-])c1)C(F)(F)F. The molecule has 9 heteroatoms. The highest BCUT2D eigenvalue weighted by Crippen LogP contribution is 2.29. The summed E-state index contributed by atoms with van der Waals surface area (Å²) in [6, 6.07) is 2.39. The van der Waals surface area contributed by atoms with E-state index in [-0.39, 0.29) is 0 Å². The predicted octanol–water partition coefficient (Wildman–Crippen LogP) is 2.62. The average Bonchev–Trinajstić information content (AvgIpc) is 2.27. The smallest absolute Gasteiger partial charge is 0.425 e. The molecule has 0 aromatic heterocycles. The van der Waals surface area contributed by atoms with Crippen molar-refractivity contribution in [2.75, 3.05) is 0 Å². The number of benzene rings is 1. The van der Waals surface area contributed by atoms with Gasteiger partial charge in [0, 0.05) is 0 Å². The van der Waals surface area contributed by atoms with E-state index in [4.69, 9.17) is 5.11 Å². The molecule has 6 nitrogen and oxygen atoms in total. The molecule has 0 spiro atoms. The number of nitro groups is 1. The lowest BCUT2D eigenvalue weighted by Crippen LogP contribution is -2.31. The van der Waals surface area contributed by atoms with Gasteiger partial charge in [0.2, 0.25) is 0 Å². The fourth-order valence-corrected chi connectivity index (χ4v) is 1.19. The Kier molecular flexibility index (Phi) is 3.98. The molecule has 0 saturated carbocycles. The highest BCUT2D eigenvalue weighted by Gasteiger charge is 2.38. The van der Waals surface area contributed by atoms with Crippen LogP contribution in [0.3, 0.4) is 0 Å². The summed E-state index contributed by atoms with van der Waals surface area (Å²) in [6.45, 7) is 0.733. The van der Waals surface area contributed by atoms with Crippen LogP contribution in [0.25, 0.3) is 0 Å². The van der Waals surface area contributed by atoms with E-state index in [2.05, 4.69) is 4.74 Å². The number of carboxylic acids is 1. The summed E-state index contributed by atoms with van der Waals surface area (Å²) < 4.78 is 41.2. The molecule has 1 N–H and O–H groups in total. The monoisotopic (exact) mass is 279 g/mol. The van der Waals surface area contributed by atoms with Gasteiger partial charge in [-0.1, -0.05) is 0 Å². The molecule has 0 aliphatic rings. The Hall–Kier alpha value is -2.32. The van der Waals surface area contributed by atoms with Gasteiger partial charge in [0.05, 0.1) is 11.0 Å². The zero-order valence-corrected chi connectivity index (χ0v) is 9.47. The highest BCUT2D eigenvalue weighted by molar-refractivity contribution is 5.92. The minimum atomic E-state index is -4.62. The Labute approximate surface area is 104 Å². The summed E-state index contributed by atoms with van der Waals surface area (Å²) >= 11 is 0. The molecule has 1 aromatic carbocycles. The first-order chi connectivity index (χ1) is 8.62. The summed E-state index contributed by atoms with van der Waals surface area (Å²) in [7, 11) is 0. The number of aromatic carboxylic acids is 1. The van der Waals surface area contributed by atoms with Gasteiger partial charge in [0.15, 0.2) is 6.10 Å². The molecule has 1 atom stereocenters. The molecule has 0 aliphatic carbocycles. The van der Waals surface area contributed by atoms with Crippen molar-refractivity contribution < 1.29 is 32.7 Å². The summed E-state index contributed by atoms with van der Waals surface area (Å²) in [5, 5.41) is 19.3. The number of alkyl halides is 3. The fourth-order valence-electron chi connectivity index (χ4n) is 1.19. The van der Waals surface area contributed by atoms with Crippen LogP contribution in [-0.4, -0.2) is 28.3 Å². The number of carbonyl (C=O) groups is 1. The first-order valence-electron chi connectivity index (χ1n) is 4.88. The second kappa shape index (κ2) is 5.12. The highest BCUT2D eigenvalue weighted by atomic mass is 19.4. The van der Waals surface area contributed by atoms with Gasteiger partial charge in [0.1, 0.15) is 11.3 Å². The van der Waals surface area contributed by atoms with E-state index in [1.165, 1.54) is 0 Å². The van der Waals surface area contributed by atoms with Gasteiger partial charge < -0.3 is 9.84 Å². The third-order valence-electron chi connectivity index (χ3n) is 2.17. The molecule has 0 bridgehead atoms. The number of hydrogen-bond acceptors (Lipinski definition) is 4. The molecular weight excluding hydrogens is 271 g/mol. The van der Waals surface area contributed by atoms with Crippen molar-refractivity contribution in [3.05, 3.63) is 33.9 Å². The Morgan fingerprint density at radius 1 is 1.47 bits per heavy atom. The minimum absolute atomic E-state index is 0.429. The fraction of sp³-hybridized carbons (Fsp3) is 0.300. The number of nitrogens with zero attached hydrogens (tertiary/aromatic N) is 1. The van der Waals surface area contributed by atoms with Gasteiger partial charge in [-0.15, -0.1) is 0 Å². The van der Waals surface area contributed by atoms with Gasteiger partial charge in [-0.3, -0.25) is 10.1 Å². The van der Waals surface area contributed by atoms with Gasteiger partial charge >= 0.3 is 12.1 Å². The second-order valence-corrected chi connectivity index (χ2v) is 3.54. The van der Waals surface area contributed by atoms with Crippen LogP contribution < -0.4 is 4.74 Å². The molecular formula is C10H8F3NO5. The molecule has 0 heterocycles. The van der Waals surface area contributed by atoms with Gasteiger partial charge in [-0.25, -0.2) is 4.79 Å². The van der Waals surface area contributed by atoms with Crippen molar-refractivity contribution in [1.29, 1.82) is 0 Å². The number of nitro benzene ring substituents is 1. The Morgan fingerprint density at radius 2 is 2.05 bits per heavy atom. The number of carboxylic acid groups (broad SMARTS) is 1. The predicted molar refractivity (Wildman–Crippen MR) is 56.2 cm³/mol. The van der Waals surface area contributed by atoms with Crippen LogP contribution in [-0.2, 0) is 0 Å². The van der Waals surface area contributed by atoms with Crippen molar-refractivity contribution in [2.45, 2.75) is 19.2 Å². The van der Waals surface area contributed by atoms with Crippen LogP contribution in [0.4, 0.5) is 18.9 Å². The van der Waals surface area contributed by atoms with Crippen LogP contribution in [0.1, 0.15) is 17.3 Å². The topological polar surface area (TPSA) is 89.7 Å². The lowest BCUT2D eigenvalue weighted by molar-refractivity contribution is -0.385. The van der Waals surface area contributed by atoms with Gasteiger partial charge in [0.25, 0.3) is 5.69 Å². The van der Waals surface area contributed by atoms with Crippen LogP contribution in [0.5, 0.6) is 5.75 Å². The molecule has 0 saturated heterocycles. The molecule has 1 unspecified atom stereocenters. The molecule has 0 radical (unpaired) electrons. The largest absolute Gasteiger partial charge is 0.481 e. The number of halogens is 3. The van der Waals surface area contributed by atoms with Gasteiger partial charge in [-0.2, -0.15) is 13.2 Å². The Bertz CT molecular complexity index is 514. The Morgan fingerprint density at radius 3 is 2.47 bits per heavy atom. The lowest BCUT2D eigenvalue weighted by Gasteiger charge is -2.17. The third-order valence-corrected chi connectivity index (χ3v) is 2.17.